The van der Waals surface area contributed by atoms with E-state index in [2.05, 4.69) is 13.8 Å². The molecule has 1 aromatic carbocycles. The standard InChI is InChI=1S/C14H18O4/c1-10(2)12-5-3-11(4-6-12)9-18-14(17)8-7-13(15)16/h3-6,10H,7-9H2,1-2H3,(H,15,16). The van der Waals surface area contributed by atoms with Gasteiger partial charge in [0, 0.05) is 0 Å². The van der Waals surface area contributed by atoms with Gasteiger partial charge in [-0.3, -0.25) is 9.59 Å². The van der Waals surface area contributed by atoms with Gasteiger partial charge >= 0.3 is 11.9 Å². The Morgan fingerprint density at radius 3 is 2.28 bits per heavy atom. The third kappa shape index (κ3) is 4.99. The van der Waals surface area contributed by atoms with Crippen molar-refractivity contribution in [1.29, 1.82) is 0 Å². The van der Waals surface area contributed by atoms with Crippen molar-refractivity contribution in [2.45, 2.75) is 39.2 Å². The molecule has 0 bridgehead atoms. The van der Waals surface area contributed by atoms with E-state index < -0.39 is 11.9 Å². The Morgan fingerprint density at radius 2 is 1.78 bits per heavy atom. The molecular weight excluding hydrogens is 232 g/mol. The SMILES string of the molecule is CC(C)c1ccc(COC(=O)CCC(=O)O)cc1. The van der Waals surface area contributed by atoms with E-state index in [1.54, 1.807) is 0 Å². The van der Waals surface area contributed by atoms with Crippen LogP contribution in [0.2, 0.25) is 0 Å². The number of carboxylic acid groups (broad SMARTS) is 1. The molecule has 18 heavy (non-hydrogen) atoms. The van der Waals surface area contributed by atoms with E-state index in [4.69, 9.17) is 9.84 Å². The smallest absolute Gasteiger partial charge is 0.306 e. The van der Waals surface area contributed by atoms with Gasteiger partial charge in [-0.15, -0.1) is 0 Å². The number of carbonyl (C=O) groups is 2. The monoisotopic (exact) mass is 250 g/mol. The molecule has 0 aliphatic carbocycles. The van der Waals surface area contributed by atoms with Crippen molar-refractivity contribution in [3.8, 4) is 0 Å². The van der Waals surface area contributed by atoms with Gasteiger partial charge in [0.25, 0.3) is 0 Å². The maximum absolute atomic E-state index is 11.2. The van der Waals surface area contributed by atoms with Gasteiger partial charge in [-0.05, 0) is 17.0 Å². The fourth-order valence-corrected chi connectivity index (χ4v) is 1.44. The van der Waals surface area contributed by atoms with Crippen molar-refractivity contribution in [2.75, 3.05) is 0 Å². The normalized spacial score (nSPS) is 10.4. The lowest BCUT2D eigenvalue weighted by molar-refractivity contribution is -0.148. The minimum Gasteiger partial charge on any atom is -0.481 e. The summed E-state index contributed by atoms with van der Waals surface area (Å²) >= 11 is 0. The second-order valence-corrected chi connectivity index (χ2v) is 4.45. The predicted octanol–water partition coefficient (Wildman–Crippen LogP) is 2.72. The van der Waals surface area contributed by atoms with Crippen molar-refractivity contribution in [3.05, 3.63) is 35.4 Å². The van der Waals surface area contributed by atoms with Crippen LogP contribution in [0.3, 0.4) is 0 Å². The molecular formula is C14H18O4. The third-order valence-corrected chi connectivity index (χ3v) is 2.59. The summed E-state index contributed by atoms with van der Waals surface area (Å²) in [5.74, 6) is -1.00. The van der Waals surface area contributed by atoms with E-state index in [1.807, 2.05) is 24.3 Å². The Hall–Kier alpha value is -1.84. The summed E-state index contributed by atoms with van der Waals surface area (Å²) in [6.07, 6.45) is -0.273. The molecule has 0 atom stereocenters. The van der Waals surface area contributed by atoms with Crippen molar-refractivity contribution in [3.63, 3.8) is 0 Å². The summed E-state index contributed by atoms with van der Waals surface area (Å²) in [5, 5.41) is 8.42. The molecule has 0 unspecified atom stereocenters. The number of hydrogen-bond acceptors (Lipinski definition) is 3. The highest BCUT2D eigenvalue weighted by atomic mass is 16.5. The van der Waals surface area contributed by atoms with E-state index >= 15 is 0 Å². The molecule has 4 nitrogen and oxygen atoms in total. The van der Waals surface area contributed by atoms with E-state index in [-0.39, 0.29) is 19.4 Å². The molecule has 0 aromatic heterocycles. The predicted molar refractivity (Wildman–Crippen MR) is 67.2 cm³/mol. The largest absolute Gasteiger partial charge is 0.481 e. The highest BCUT2D eigenvalue weighted by Gasteiger charge is 2.07. The molecule has 4 heteroatoms. The molecule has 0 amide bonds. The Morgan fingerprint density at radius 1 is 1.17 bits per heavy atom. The second-order valence-electron chi connectivity index (χ2n) is 4.45. The fourth-order valence-electron chi connectivity index (χ4n) is 1.44. The first-order valence-electron chi connectivity index (χ1n) is 5.95. The van der Waals surface area contributed by atoms with E-state index in [0.29, 0.717) is 5.92 Å². The van der Waals surface area contributed by atoms with Crippen LogP contribution in [0.15, 0.2) is 24.3 Å². The first-order chi connectivity index (χ1) is 8.49. The van der Waals surface area contributed by atoms with Gasteiger partial charge in [-0.25, -0.2) is 0 Å². The fraction of sp³-hybridized carbons (Fsp3) is 0.429. The summed E-state index contributed by atoms with van der Waals surface area (Å²) in [5.41, 5.74) is 2.14. The number of ether oxygens (including phenoxy) is 1. The van der Waals surface area contributed by atoms with Crippen LogP contribution in [0.5, 0.6) is 0 Å². The molecule has 0 radical (unpaired) electrons. The maximum Gasteiger partial charge on any atom is 0.306 e. The van der Waals surface area contributed by atoms with Gasteiger partial charge in [-0.2, -0.15) is 0 Å². The van der Waals surface area contributed by atoms with Crippen molar-refractivity contribution in [2.24, 2.45) is 0 Å². The third-order valence-electron chi connectivity index (χ3n) is 2.59. The Labute approximate surface area is 107 Å². The first-order valence-corrected chi connectivity index (χ1v) is 5.95. The summed E-state index contributed by atoms with van der Waals surface area (Å²) in [4.78, 5) is 21.5. The van der Waals surface area contributed by atoms with Gasteiger partial charge in [0.1, 0.15) is 6.61 Å². The zero-order valence-electron chi connectivity index (χ0n) is 10.7. The topological polar surface area (TPSA) is 63.6 Å². The Kier molecular flexibility index (Phi) is 5.36. The lowest BCUT2D eigenvalue weighted by atomic mass is 10.0. The van der Waals surface area contributed by atoms with Crippen LogP contribution in [0.25, 0.3) is 0 Å². The summed E-state index contributed by atoms with van der Waals surface area (Å²) in [6.45, 7) is 4.42. The number of rotatable bonds is 6. The van der Waals surface area contributed by atoms with E-state index in [9.17, 15) is 9.59 Å². The molecule has 0 aliphatic rings. The molecule has 98 valence electrons. The van der Waals surface area contributed by atoms with Crippen LogP contribution in [-0.2, 0) is 20.9 Å². The summed E-state index contributed by atoms with van der Waals surface area (Å²) in [6, 6.07) is 7.84. The molecule has 0 spiro atoms. The van der Waals surface area contributed by atoms with Crippen molar-refractivity contribution in [1.82, 2.24) is 0 Å². The first kappa shape index (κ1) is 14.2. The average molecular weight is 250 g/mol. The highest BCUT2D eigenvalue weighted by molar-refractivity contribution is 5.76. The number of esters is 1. The zero-order chi connectivity index (χ0) is 13.5. The highest BCUT2D eigenvalue weighted by Crippen LogP contribution is 2.15. The number of carbonyl (C=O) groups excluding carboxylic acids is 1. The van der Waals surface area contributed by atoms with Crippen LogP contribution in [0, 0.1) is 0 Å². The lowest BCUT2D eigenvalue weighted by Gasteiger charge is -2.07. The molecule has 0 fully saturated rings. The minimum atomic E-state index is -0.992. The number of benzene rings is 1. The maximum atomic E-state index is 11.2. The lowest BCUT2D eigenvalue weighted by Crippen LogP contribution is -2.07. The van der Waals surface area contributed by atoms with Crippen LogP contribution in [0.4, 0.5) is 0 Å². The van der Waals surface area contributed by atoms with Crippen LogP contribution >= 0.6 is 0 Å². The second kappa shape index (κ2) is 6.79. The molecule has 0 heterocycles. The molecule has 0 saturated carbocycles. The van der Waals surface area contributed by atoms with Crippen LogP contribution < -0.4 is 0 Å². The van der Waals surface area contributed by atoms with E-state index in [0.717, 1.165) is 5.56 Å². The summed E-state index contributed by atoms with van der Waals surface area (Å²) < 4.78 is 4.98. The Bertz CT molecular complexity index is 406. The van der Waals surface area contributed by atoms with Crippen LogP contribution in [-0.4, -0.2) is 17.0 Å². The number of hydrogen-bond donors (Lipinski definition) is 1. The van der Waals surface area contributed by atoms with Gasteiger partial charge in [0.05, 0.1) is 12.8 Å². The number of carboxylic acids is 1. The van der Waals surface area contributed by atoms with Crippen molar-refractivity contribution < 1.29 is 19.4 Å². The zero-order valence-corrected chi connectivity index (χ0v) is 10.7. The molecule has 1 aromatic rings. The molecule has 0 aliphatic heterocycles. The molecule has 1 N–H and O–H groups in total. The summed E-state index contributed by atoms with van der Waals surface area (Å²) in [7, 11) is 0. The quantitative estimate of drug-likeness (QED) is 0.788. The van der Waals surface area contributed by atoms with Gasteiger partial charge in [0.2, 0.25) is 0 Å². The van der Waals surface area contributed by atoms with E-state index in [1.165, 1.54) is 5.56 Å². The van der Waals surface area contributed by atoms with Crippen LogP contribution in [0.1, 0.15) is 43.7 Å². The molecule has 1 rings (SSSR count). The van der Waals surface area contributed by atoms with Gasteiger partial charge < -0.3 is 9.84 Å². The van der Waals surface area contributed by atoms with Gasteiger partial charge in [0.15, 0.2) is 0 Å². The Balaban J connectivity index is 2.39. The molecule has 0 saturated heterocycles. The minimum absolute atomic E-state index is 0.0839. The van der Waals surface area contributed by atoms with Gasteiger partial charge in [-0.1, -0.05) is 38.1 Å². The number of aliphatic carboxylic acids is 1. The average Bonchev–Trinajstić information content (AvgIpc) is 2.34. The van der Waals surface area contributed by atoms with Crippen molar-refractivity contribution >= 4 is 11.9 Å².